The Morgan fingerprint density at radius 1 is 1.17 bits per heavy atom. The molecule has 1 aromatic carbocycles. The van der Waals surface area contributed by atoms with E-state index in [4.69, 9.17) is 29.2 Å². The molecule has 5 N–H and O–H groups in total. The van der Waals surface area contributed by atoms with Gasteiger partial charge in [0.15, 0.2) is 10.2 Å². The van der Waals surface area contributed by atoms with Gasteiger partial charge in [-0.3, -0.25) is 10.9 Å². The van der Waals surface area contributed by atoms with E-state index < -0.39 is 0 Å². The van der Waals surface area contributed by atoms with Crippen molar-refractivity contribution in [3.8, 4) is 0 Å². The third kappa shape index (κ3) is 6.96. The summed E-state index contributed by atoms with van der Waals surface area (Å²) in [7, 11) is 0. The number of quaternary nitrogens is 1. The van der Waals surface area contributed by atoms with E-state index in [-0.39, 0.29) is 0 Å². The van der Waals surface area contributed by atoms with Crippen LogP contribution in [-0.2, 0) is 11.2 Å². The molecule has 0 unspecified atom stereocenters. The summed E-state index contributed by atoms with van der Waals surface area (Å²) < 4.78 is 5.34. The van der Waals surface area contributed by atoms with Gasteiger partial charge in [-0.1, -0.05) is 19.1 Å². The molecule has 1 aromatic rings. The zero-order valence-electron chi connectivity index (χ0n) is 14.0. The largest absolute Gasteiger partial charge is 0.370 e. The first kappa shape index (κ1) is 18.9. The van der Waals surface area contributed by atoms with Crippen molar-refractivity contribution >= 4 is 40.3 Å². The van der Waals surface area contributed by atoms with E-state index in [1.54, 1.807) is 0 Å². The van der Waals surface area contributed by atoms with Gasteiger partial charge in [0.05, 0.1) is 26.3 Å². The lowest BCUT2D eigenvalue weighted by Gasteiger charge is -2.24. The molecule has 132 valence electrons. The molecule has 0 radical (unpaired) electrons. The molecule has 8 heteroatoms. The minimum atomic E-state index is 0.478. The highest BCUT2D eigenvalue weighted by atomic mass is 32.1. The Kier molecular flexibility index (Phi) is 8.17. The molecular formula is C16H26N5OS2+. The number of nitrogens with one attached hydrogen (secondary N) is 5. The highest BCUT2D eigenvalue weighted by molar-refractivity contribution is 7.80. The van der Waals surface area contributed by atoms with Crippen molar-refractivity contribution in [2.24, 2.45) is 0 Å². The zero-order valence-corrected chi connectivity index (χ0v) is 15.6. The van der Waals surface area contributed by atoms with Crippen molar-refractivity contribution in [1.29, 1.82) is 0 Å². The molecule has 6 nitrogen and oxygen atoms in total. The molecule has 2 rings (SSSR count). The van der Waals surface area contributed by atoms with Gasteiger partial charge in [-0.15, -0.1) is 0 Å². The Hall–Kier alpha value is -1.48. The Morgan fingerprint density at radius 3 is 2.67 bits per heavy atom. The average molecular weight is 369 g/mol. The second kappa shape index (κ2) is 10.4. The van der Waals surface area contributed by atoms with Crippen LogP contribution in [-0.4, -0.2) is 49.6 Å². The lowest BCUT2D eigenvalue weighted by atomic mass is 10.1. The topological polar surface area (TPSA) is 61.8 Å². The van der Waals surface area contributed by atoms with Crippen LogP contribution in [0.5, 0.6) is 0 Å². The van der Waals surface area contributed by atoms with Crippen molar-refractivity contribution in [3.05, 3.63) is 29.8 Å². The summed E-state index contributed by atoms with van der Waals surface area (Å²) in [6.45, 7) is 7.78. The van der Waals surface area contributed by atoms with Crippen molar-refractivity contribution in [2.75, 3.05) is 44.7 Å². The van der Waals surface area contributed by atoms with E-state index in [9.17, 15) is 0 Å². The minimum Gasteiger partial charge on any atom is -0.370 e. The molecule has 1 aliphatic rings. The van der Waals surface area contributed by atoms with Crippen molar-refractivity contribution in [3.63, 3.8) is 0 Å². The molecular weight excluding hydrogens is 342 g/mol. The Bertz CT molecular complexity index is 549. The predicted molar refractivity (Wildman–Crippen MR) is 105 cm³/mol. The van der Waals surface area contributed by atoms with E-state index in [0.29, 0.717) is 10.2 Å². The fourth-order valence-corrected chi connectivity index (χ4v) is 2.77. The highest BCUT2D eigenvalue weighted by Gasteiger charge is 2.12. The van der Waals surface area contributed by atoms with Crippen LogP contribution in [0.2, 0.25) is 0 Å². The zero-order chi connectivity index (χ0) is 17.2. The van der Waals surface area contributed by atoms with Gasteiger partial charge in [-0.05, 0) is 48.6 Å². The Balaban J connectivity index is 1.61. The molecule has 0 aliphatic carbocycles. The number of benzene rings is 1. The molecule has 0 spiro atoms. The summed E-state index contributed by atoms with van der Waals surface area (Å²) in [6, 6.07) is 8.16. The van der Waals surface area contributed by atoms with Gasteiger partial charge in [0, 0.05) is 5.69 Å². The summed E-state index contributed by atoms with van der Waals surface area (Å²) >= 11 is 10.5. The van der Waals surface area contributed by atoms with Crippen LogP contribution < -0.4 is 26.4 Å². The van der Waals surface area contributed by atoms with Crippen LogP contribution >= 0.6 is 24.4 Å². The number of hydrazine groups is 1. The van der Waals surface area contributed by atoms with Gasteiger partial charge >= 0.3 is 0 Å². The lowest BCUT2D eigenvalue weighted by molar-refractivity contribution is -0.906. The number of ether oxygens (including phenoxy) is 1. The molecule has 1 heterocycles. The Morgan fingerprint density at radius 2 is 1.92 bits per heavy atom. The van der Waals surface area contributed by atoms with E-state index in [1.165, 1.54) is 10.5 Å². The van der Waals surface area contributed by atoms with E-state index in [0.717, 1.165) is 51.5 Å². The molecule has 1 saturated heterocycles. The summed E-state index contributed by atoms with van der Waals surface area (Å²) in [5, 5.41) is 7.32. The summed E-state index contributed by atoms with van der Waals surface area (Å²) in [6.07, 6.45) is 0.993. The van der Waals surface area contributed by atoms with Crippen LogP contribution in [0.1, 0.15) is 12.5 Å². The van der Waals surface area contributed by atoms with Gasteiger partial charge < -0.3 is 20.3 Å². The third-order valence-corrected chi connectivity index (χ3v) is 4.30. The first-order valence-corrected chi connectivity index (χ1v) is 9.10. The average Bonchev–Trinajstić information content (AvgIpc) is 2.61. The molecule has 1 aliphatic heterocycles. The lowest BCUT2D eigenvalue weighted by Crippen LogP contribution is -3.14. The standard InChI is InChI=1S/C16H25N5OS2/c1-2-13-4-3-5-14(12-13)18-16(24)20-19-15(23)17-6-7-21-8-10-22-11-9-21/h3-5,12H,2,6-11H2,1H3,(H2,17,19,23)(H2,18,20,24)/p+1. The maximum atomic E-state index is 5.34. The number of thiocarbonyl (C=S) groups is 2. The van der Waals surface area contributed by atoms with Crippen molar-refractivity contribution in [2.45, 2.75) is 13.3 Å². The van der Waals surface area contributed by atoms with Gasteiger partial charge in [0.25, 0.3) is 0 Å². The number of hydrogen-bond acceptors (Lipinski definition) is 3. The van der Waals surface area contributed by atoms with Crippen LogP contribution in [0.4, 0.5) is 5.69 Å². The fourth-order valence-electron chi connectivity index (χ4n) is 2.45. The maximum Gasteiger partial charge on any atom is 0.189 e. The van der Waals surface area contributed by atoms with E-state index >= 15 is 0 Å². The third-order valence-electron chi connectivity index (χ3n) is 3.85. The molecule has 0 atom stereocenters. The highest BCUT2D eigenvalue weighted by Crippen LogP contribution is 2.10. The molecule has 0 amide bonds. The summed E-state index contributed by atoms with van der Waals surface area (Å²) in [4.78, 5) is 1.54. The quantitative estimate of drug-likeness (QED) is 0.365. The molecule has 0 bridgehead atoms. The first-order chi connectivity index (χ1) is 11.7. The Labute approximate surface area is 154 Å². The van der Waals surface area contributed by atoms with Crippen molar-refractivity contribution < 1.29 is 9.64 Å². The molecule has 0 saturated carbocycles. The van der Waals surface area contributed by atoms with E-state index in [2.05, 4.69) is 40.5 Å². The predicted octanol–water partition coefficient (Wildman–Crippen LogP) is -0.170. The molecule has 24 heavy (non-hydrogen) atoms. The van der Waals surface area contributed by atoms with Crippen LogP contribution in [0.25, 0.3) is 0 Å². The number of aryl methyl sites for hydroxylation is 1. The normalized spacial score (nSPS) is 14.7. The van der Waals surface area contributed by atoms with Crippen LogP contribution in [0.15, 0.2) is 24.3 Å². The van der Waals surface area contributed by atoms with Gasteiger partial charge in [-0.25, -0.2) is 0 Å². The monoisotopic (exact) mass is 368 g/mol. The molecule has 0 aromatic heterocycles. The second-order valence-corrected chi connectivity index (χ2v) is 6.44. The van der Waals surface area contributed by atoms with E-state index in [1.807, 2.05) is 12.1 Å². The van der Waals surface area contributed by atoms with Crippen molar-refractivity contribution in [1.82, 2.24) is 16.2 Å². The minimum absolute atomic E-state index is 0.478. The number of morpholine rings is 1. The molecule has 1 fully saturated rings. The number of rotatable bonds is 5. The SMILES string of the molecule is CCc1cccc(NC(=S)NNC(=S)NCC[NH+]2CCOCC2)c1. The maximum absolute atomic E-state index is 5.34. The number of anilines is 1. The van der Waals surface area contributed by atoms with Crippen LogP contribution in [0.3, 0.4) is 0 Å². The van der Waals surface area contributed by atoms with Gasteiger partial charge in [-0.2, -0.15) is 0 Å². The fraction of sp³-hybridized carbons (Fsp3) is 0.500. The van der Waals surface area contributed by atoms with Gasteiger partial charge in [0.2, 0.25) is 0 Å². The smallest absolute Gasteiger partial charge is 0.189 e. The second-order valence-electron chi connectivity index (χ2n) is 5.63. The van der Waals surface area contributed by atoms with Gasteiger partial charge in [0.1, 0.15) is 13.1 Å². The summed E-state index contributed by atoms with van der Waals surface area (Å²) in [5.74, 6) is 0. The summed E-state index contributed by atoms with van der Waals surface area (Å²) in [5.41, 5.74) is 8.02. The number of hydrogen-bond donors (Lipinski definition) is 5. The first-order valence-electron chi connectivity index (χ1n) is 8.28. The van der Waals surface area contributed by atoms with Crippen LogP contribution in [0, 0.1) is 0 Å².